The first-order chi connectivity index (χ1) is 17.8. The minimum Gasteiger partial charge on any atom is -0.543 e. The van der Waals surface area contributed by atoms with Gasteiger partial charge < -0.3 is 25.8 Å². The molecule has 0 radical (unpaired) electrons. The second-order valence-electron chi connectivity index (χ2n) is 7.52. The summed E-state index contributed by atoms with van der Waals surface area (Å²) in [6, 6.07) is 4.67. The fourth-order valence-corrected chi connectivity index (χ4v) is 6.51. The predicted octanol–water partition coefficient (Wildman–Crippen LogP) is -1.37. The van der Waals surface area contributed by atoms with E-state index >= 15 is 0 Å². The molecule has 0 bridgehead atoms. The minimum absolute atomic E-state index is 0.151. The Morgan fingerprint density at radius 1 is 1.46 bits per heavy atom. The number of hydrogen-bond donors (Lipinski definition) is 3. The normalized spacial score (nSPS) is 19.0. The first-order valence-corrected chi connectivity index (χ1v) is 13.5. The number of fused-ring (bicyclic) bond motifs is 1. The topological polar surface area (TPSA) is 190 Å². The van der Waals surface area contributed by atoms with Crippen LogP contribution < -0.4 is 26.3 Å². The maximum Gasteiger partial charge on any atom is 0.276 e. The van der Waals surface area contributed by atoms with Gasteiger partial charge in [0, 0.05) is 33.9 Å². The second kappa shape index (κ2) is 11.5. The lowest BCUT2D eigenvalue weighted by molar-refractivity contribution is -0.649. The Morgan fingerprint density at radius 3 is 2.84 bits per heavy atom. The van der Waals surface area contributed by atoms with Crippen molar-refractivity contribution in [3.8, 4) is 6.07 Å². The molecule has 4 heterocycles. The van der Waals surface area contributed by atoms with Gasteiger partial charge in [0.15, 0.2) is 17.4 Å². The van der Waals surface area contributed by atoms with E-state index in [9.17, 15) is 19.5 Å². The molecule has 2 atom stereocenters. The molecule has 0 saturated carbocycles. The largest absolute Gasteiger partial charge is 0.543 e. The molecule has 1 saturated heterocycles. The molecule has 0 unspecified atom stereocenters. The number of nitrogen functional groups attached to an aromatic ring is 1. The highest BCUT2D eigenvalue weighted by Crippen LogP contribution is 2.41. The monoisotopic (exact) mass is 560 g/mol. The van der Waals surface area contributed by atoms with Crippen LogP contribution >= 0.6 is 34.9 Å². The summed E-state index contributed by atoms with van der Waals surface area (Å²) in [6.07, 6.45) is 3.49. The van der Waals surface area contributed by atoms with E-state index in [-0.39, 0.29) is 28.8 Å². The number of nitrogens with zero attached hydrogens (tertiary/aromatic N) is 5. The first-order valence-electron chi connectivity index (χ1n) is 10.6. The van der Waals surface area contributed by atoms with Crippen LogP contribution in [0.2, 0.25) is 0 Å². The molecule has 2 aliphatic heterocycles. The molecule has 4 rings (SSSR count). The van der Waals surface area contributed by atoms with E-state index in [0.717, 1.165) is 21.1 Å². The molecule has 2 amide bonds. The highest BCUT2D eigenvalue weighted by atomic mass is 32.2. The molecule has 192 valence electrons. The number of anilines is 1. The van der Waals surface area contributed by atoms with E-state index in [1.54, 1.807) is 17.1 Å². The van der Waals surface area contributed by atoms with Gasteiger partial charge >= 0.3 is 0 Å². The van der Waals surface area contributed by atoms with Crippen molar-refractivity contribution in [2.24, 2.45) is 5.16 Å². The number of aliphatic carboxylic acids is 1. The molecular weight excluding hydrogens is 540 g/mol. The molecule has 16 heteroatoms. The van der Waals surface area contributed by atoms with Gasteiger partial charge in [0.2, 0.25) is 12.4 Å². The van der Waals surface area contributed by atoms with Crippen molar-refractivity contribution < 1.29 is 29.0 Å². The second-order valence-corrected chi connectivity index (χ2v) is 10.6. The summed E-state index contributed by atoms with van der Waals surface area (Å²) >= 11 is 3.87. The number of amides is 2. The fraction of sp³-hybridized carbons (Fsp3) is 0.286. The number of nitrogens with two attached hydrogens (primary N) is 1. The SMILES string of the molecule is CO/N=C(\C(=O)N[C@@H]1C(=O)N2C(C(=O)[O-])=C(CSc3cc[n+](NCC#N)cc3)CS[C@H]12)c1csc(N)n1. The van der Waals surface area contributed by atoms with E-state index in [2.05, 4.69) is 20.9 Å². The minimum atomic E-state index is -1.45. The number of aromatic nitrogens is 2. The van der Waals surface area contributed by atoms with E-state index < -0.39 is 29.2 Å². The number of oxime groups is 1. The number of pyridine rings is 1. The van der Waals surface area contributed by atoms with Gasteiger partial charge in [-0.25, -0.2) is 4.98 Å². The van der Waals surface area contributed by atoms with Crippen LogP contribution in [0.5, 0.6) is 0 Å². The predicted molar refractivity (Wildman–Crippen MR) is 134 cm³/mol. The maximum atomic E-state index is 12.9. The molecule has 4 N–H and O–H groups in total. The van der Waals surface area contributed by atoms with Crippen molar-refractivity contribution in [1.82, 2.24) is 15.2 Å². The van der Waals surface area contributed by atoms with Gasteiger partial charge in [-0.15, -0.1) is 34.9 Å². The zero-order valence-electron chi connectivity index (χ0n) is 19.2. The number of hydrogen-bond acceptors (Lipinski definition) is 13. The van der Waals surface area contributed by atoms with Crippen LogP contribution in [0.15, 0.2) is 51.2 Å². The van der Waals surface area contributed by atoms with Crippen LogP contribution in [0.4, 0.5) is 5.13 Å². The molecule has 0 aliphatic carbocycles. The van der Waals surface area contributed by atoms with Gasteiger partial charge in [0.25, 0.3) is 11.8 Å². The van der Waals surface area contributed by atoms with Gasteiger partial charge in [-0.3, -0.25) is 14.5 Å². The number of carbonyl (C=O) groups excluding carboxylic acids is 3. The average molecular weight is 561 g/mol. The molecule has 1 fully saturated rings. The number of thiazole rings is 1. The van der Waals surface area contributed by atoms with Crippen LogP contribution in [0.1, 0.15) is 5.69 Å². The third-order valence-corrected chi connectivity index (χ3v) is 8.35. The molecular formula is C21H20N8O5S3. The molecule has 0 aromatic carbocycles. The van der Waals surface area contributed by atoms with Gasteiger partial charge in [0.1, 0.15) is 24.2 Å². The Kier molecular flexibility index (Phi) is 8.16. The molecule has 0 spiro atoms. The molecule has 2 aromatic rings. The molecule has 13 nitrogen and oxygen atoms in total. The summed E-state index contributed by atoms with van der Waals surface area (Å²) in [5, 5.41) is 28.1. The number of β-lactam (4-membered cyclic amide) rings is 1. The third-order valence-electron chi connectivity index (χ3n) is 5.24. The number of nitriles is 1. The van der Waals surface area contributed by atoms with Crippen molar-refractivity contribution in [1.29, 1.82) is 5.26 Å². The summed E-state index contributed by atoms with van der Waals surface area (Å²) in [5.74, 6) is -2.04. The number of carboxylic acids is 1. The van der Waals surface area contributed by atoms with E-state index in [0.29, 0.717) is 17.1 Å². The maximum absolute atomic E-state index is 12.9. The Balaban J connectivity index is 1.44. The van der Waals surface area contributed by atoms with Crippen LogP contribution in [0.25, 0.3) is 0 Å². The van der Waals surface area contributed by atoms with Crippen molar-refractivity contribution in [3.63, 3.8) is 0 Å². The highest BCUT2D eigenvalue weighted by Gasteiger charge is 2.53. The number of thioether (sulfide) groups is 2. The molecule has 2 aliphatic rings. The Bertz CT molecular complexity index is 1320. The lowest BCUT2D eigenvalue weighted by atomic mass is 10.0. The number of carboxylic acid groups (broad SMARTS) is 1. The van der Waals surface area contributed by atoms with Crippen molar-refractivity contribution in [2.45, 2.75) is 16.3 Å². The summed E-state index contributed by atoms with van der Waals surface area (Å²) in [7, 11) is 1.27. The van der Waals surface area contributed by atoms with Crippen LogP contribution in [-0.4, -0.2) is 70.0 Å². The summed E-state index contributed by atoms with van der Waals surface area (Å²) in [6.45, 7) is 0.155. The van der Waals surface area contributed by atoms with Crippen molar-refractivity contribution >= 4 is 63.5 Å². The Hall–Kier alpha value is -3.81. The number of carbonyl (C=O) groups is 3. The van der Waals surface area contributed by atoms with Crippen LogP contribution in [0.3, 0.4) is 0 Å². The standard InChI is InChI=1S/C21H20N8O5S3/c1-34-27-14(13-10-37-21(23)25-13)17(30)26-15-18(31)29-16(20(32)33)11(9-36-19(15)29)8-35-12-2-6-28(7-3-12)24-5-4-22/h2-3,6-7,10,15,19,24H,5,8-9H2,1H3,(H3-,23,25,26,30,32,33)/b27-14-/t15-,19-/m1/s1. The summed E-state index contributed by atoms with van der Waals surface area (Å²) in [4.78, 5) is 48.6. The molecule has 37 heavy (non-hydrogen) atoms. The first kappa shape index (κ1) is 26.3. The highest BCUT2D eigenvalue weighted by molar-refractivity contribution is 8.01. The lowest BCUT2D eigenvalue weighted by Gasteiger charge is -2.50. The van der Waals surface area contributed by atoms with Gasteiger partial charge in [-0.05, 0) is 5.57 Å². The quantitative estimate of drug-likeness (QED) is 0.0776. The van der Waals surface area contributed by atoms with E-state index in [1.807, 2.05) is 18.2 Å². The average Bonchev–Trinajstić information content (AvgIpc) is 3.33. The molecule has 2 aromatic heterocycles. The Morgan fingerprint density at radius 2 is 2.22 bits per heavy atom. The van der Waals surface area contributed by atoms with Crippen molar-refractivity contribution in [3.05, 3.63) is 46.9 Å². The summed E-state index contributed by atoms with van der Waals surface area (Å²) < 4.78 is 1.64. The zero-order valence-corrected chi connectivity index (χ0v) is 21.7. The van der Waals surface area contributed by atoms with Gasteiger partial charge in [-0.1, -0.05) is 9.83 Å². The van der Waals surface area contributed by atoms with Crippen LogP contribution in [0, 0.1) is 11.3 Å². The number of nitrogens with one attached hydrogen (secondary N) is 2. The van der Waals surface area contributed by atoms with Gasteiger partial charge in [-0.2, -0.15) is 10.7 Å². The zero-order chi connectivity index (χ0) is 26.5. The third kappa shape index (κ3) is 5.63. The van der Waals surface area contributed by atoms with E-state index in [4.69, 9.17) is 15.8 Å². The van der Waals surface area contributed by atoms with Gasteiger partial charge in [0.05, 0.1) is 17.7 Å². The van der Waals surface area contributed by atoms with E-state index in [1.165, 1.54) is 36.0 Å². The fourth-order valence-electron chi connectivity index (χ4n) is 3.60. The van der Waals surface area contributed by atoms with Crippen LogP contribution in [-0.2, 0) is 19.2 Å². The van der Waals surface area contributed by atoms with Crippen molar-refractivity contribution in [2.75, 3.05) is 36.3 Å². The Labute approximate surface area is 223 Å². The number of rotatable bonds is 10. The lowest BCUT2D eigenvalue weighted by Crippen LogP contribution is -2.71. The smallest absolute Gasteiger partial charge is 0.276 e. The summed E-state index contributed by atoms with van der Waals surface area (Å²) in [5.41, 5.74) is 8.92.